The van der Waals surface area contributed by atoms with Gasteiger partial charge < -0.3 is 52.8 Å². The van der Waals surface area contributed by atoms with Gasteiger partial charge in [0.2, 0.25) is 5.60 Å². The van der Waals surface area contributed by atoms with Crippen molar-refractivity contribution in [3.05, 3.63) is 65.5 Å². The molecule has 340 valence electrons. The van der Waals surface area contributed by atoms with Crippen LogP contribution >= 0.6 is 0 Å². The molecule has 0 radical (unpaired) electrons. The molecule has 3 fully saturated rings. The number of hydrogen-bond acceptors (Lipinski definition) is 20. The van der Waals surface area contributed by atoms with Crippen molar-refractivity contribution in [2.75, 3.05) is 13.2 Å². The number of esters is 8. The maximum absolute atomic E-state index is 15.0. The maximum Gasteiger partial charge on any atom is 0.350 e. The van der Waals surface area contributed by atoms with Crippen LogP contribution in [-0.2, 0) is 77.8 Å². The molecule has 6 rings (SSSR count). The molecule has 2 aliphatic heterocycles. The summed E-state index contributed by atoms with van der Waals surface area (Å²) in [7, 11) is 0. The summed E-state index contributed by atoms with van der Waals surface area (Å²) in [6, 6.07) is 10.4. The molecule has 2 aliphatic carbocycles. The lowest BCUT2D eigenvalue weighted by atomic mass is 9.45. The number of pyridine rings is 1. The van der Waals surface area contributed by atoms with Crippen LogP contribution < -0.4 is 0 Å². The van der Waals surface area contributed by atoms with Gasteiger partial charge in [0.15, 0.2) is 24.4 Å². The van der Waals surface area contributed by atoms with E-state index in [9.17, 15) is 48.6 Å². The quantitative estimate of drug-likeness (QED) is 0.279. The third kappa shape index (κ3) is 7.88. The summed E-state index contributed by atoms with van der Waals surface area (Å²) < 4.78 is 53.9. The number of ether oxygens (including phenoxy) is 9. The number of aryl methyl sites for hydroxylation is 1. The number of carbonyl (C=O) groups is 8. The minimum atomic E-state index is -2.96. The highest BCUT2D eigenvalue weighted by atomic mass is 16.7. The van der Waals surface area contributed by atoms with Crippen LogP contribution in [0, 0.1) is 11.3 Å². The van der Waals surface area contributed by atoms with E-state index < -0.39 is 138 Å². The first kappa shape index (κ1) is 46.5. The topological polar surface area (TPSA) is 273 Å². The molecule has 20 nitrogen and oxygen atoms in total. The molecule has 2 aromatic rings. The van der Waals surface area contributed by atoms with Crippen molar-refractivity contribution in [1.82, 2.24) is 4.98 Å². The fourth-order valence-corrected chi connectivity index (χ4v) is 9.79. The van der Waals surface area contributed by atoms with Gasteiger partial charge in [0.1, 0.15) is 41.5 Å². The van der Waals surface area contributed by atoms with Crippen molar-refractivity contribution in [2.24, 2.45) is 11.3 Å². The van der Waals surface area contributed by atoms with Gasteiger partial charge in [-0.1, -0.05) is 18.2 Å². The number of benzene rings is 1. The zero-order chi connectivity index (χ0) is 46.4. The lowest BCUT2D eigenvalue weighted by molar-refractivity contribution is -0.387. The predicted molar refractivity (Wildman–Crippen MR) is 207 cm³/mol. The van der Waals surface area contributed by atoms with Crippen LogP contribution in [0.3, 0.4) is 0 Å². The zero-order valence-corrected chi connectivity index (χ0v) is 35.8. The Bertz CT molecular complexity index is 2190. The van der Waals surface area contributed by atoms with Crippen LogP contribution in [-0.4, -0.2) is 135 Å². The Kier molecular flexibility index (Phi) is 12.5. The summed E-state index contributed by atoms with van der Waals surface area (Å²) >= 11 is 0. The molecule has 0 unspecified atom stereocenters. The zero-order valence-electron chi connectivity index (χ0n) is 35.8. The van der Waals surface area contributed by atoms with Gasteiger partial charge in [-0.05, 0) is 51.5 Å². The first-order valence-electron chi connectivity index (χ1n) is 20.0. The van der Waals surface area contributed by atoms with Crippen molar-refractivity contribution in [1.29, 1.82) is 0 Å². The average molecular weight is 884 g/mol. The molecule has 1 aromatic heterocycles. The van der Waals surface area contributed by atoms with Gasteiger partial charge in [0.25, 0.3) is 0 Å². The minimum Gasteiger partial charge on any atom is -0.465 e. The average Bonchev–Trinajstić information content (AvgIpc) is 3.40. The summed E-state index contributed by atoms with van der Waals surface area (Å²) in [6.07, 6.45) is -12.1. The number of hydrogen-bond donors (Lipinski definition) is 2. The van der Waals surface area contributed by atoms with E-state index in [1.807, 2.05) is 0 Å². The van der Waals surface area contributed by atoms with Crippen LogP contribution in [0.1, 0.15) is 88.2 Å². The number of rotatable bonds is 8. The number of fused-ring (bicyclic) bond motifs is 5. The smallest absolute Gasteiger partial charge is 0.350 e. The molecule has 4 aliphatic rings. The van der Waals surface area contributed by atoms with Crippen molar-refractivity contribution in [2.45, 2.75) is 127 Å². The highest BCUT2D eigenvalue weighted by molar-refractivity contribution is 5.93. The molecule has 2 N–H and O–H groups in total. The first-order chi connectivity index (χ1) is 29.5. The molecule has 1 aromatic carbocycles. The van der Waals surface area contributed by atoms with Crippen molar-refractivity contribution in [3.63, 3.8) is 0 Å². The summed E-state index contributed by atoms with van der Waals surface area (Å²) in [4.78, 5) is 113. The molecule has 4 bridgehead atoms. The SMILES string of the molecule is CC(=O)OC[C@]12[C@H](OC(C)=O)[C@@H](OC(C)=O)[C@H]3OC(=O)[C@@](C)(OC(=O)c4ccccc4)CCc4ncccc4C(=O)OC[C@]4(C)O[C@]1([C@H](O)[C@@H]4[C@@H](OC(C)=O)[C@@H]2OC(C)=O)[C@@]3(C)O. The normalized spacial score (nSPS) is 35.8. The predicted octanol–water partition coefficient (Wildman–Crippen LogP) is 1.27. The molecule has 1 saturated heterocycles. The van der Waals surface area contributed by atoms with Gasteiger partial charge in [-0.2, -0.15) is 0 Å². The Balaban J connectivity index is 1.71. The molecule has 12 atom stereocenters. The minimum absolute atomic E-state index is 0.0184. The third-order valence-electron chi connectivity index (χ3n) is 12.3. The second-order valence-corrected chi connectivity index (χ2v) is 16.7. The number of aliphatic hydroxyl groups excluding tert-OH is 1. The summed E-state index contributed by atoms with van der Waals surface area (Å²) in [6.45, 7) is 6.42. The van der Waals surface area contributed by atoms with Gasteiger partial charge in [0.05, 0.1) is 28.8 Å². The van der Waals surface area contributed by atoms with Crippen LogP contribution in [0.2, 0.25) is 0 Å². The van der Waals surface area contributed by atoms with Crippen molar-refractivity contribution >= 4 is 47.8 Å². The summed E-state index contributed by atoms with van der Waals surface area (Å²) in [5.41, 5.74) is -13.0. The van der Waals surface area contributed by atoms with Crippen molar-refractivity contribution < 1.29 is 91.2 Å². The van der Waals surface area contributed by atoms with Gasteiger partial charge in [-0.25, -0.2) is 14.4 Å². The largest absolute Gasteiger partial charge is 0.465 e. The molecule has 63 heavy (non-hydrogen) atoms. The van der Waals surface area contributed by atoms with Gasteiger partial charge in [-0.3, -0.25) is 29.0 Å². The standard InChI is InChI=1S/C43H49NO19/c1-21(45)55-20-42-34(59-24(4)48)30(57-22(2)46)29-32(50)43(42)41(8,54)33(31(58-23(3)47)35(42)60-25(5)49)61-38(53)39(6,62-36(51)26-13-10-9-11-14-26)17-16-28-27(15-12-18-44-28)37(52)56-19-40(29,7)63-43/h9-15,18,29-35,50,54H,16-17,19-20H2,1-8H3/t29-,30+,31-,32+,33+,34-,35+,39-,40-,41-,42-,43+/m0/s1. The number of carbonyl (C=O) groups excluding carboxylic acids is 8. The number of aliphatic hydroxyl groups is 2. The first-order valence-corrected chi connectivity index (χ1v) is 20.0. The van der Waals surface area contributed by atoms with Crippen LogP contribution in [0.25, 0.3) is 0 Å². The fourth-order valence-electron chi connectivity index (χ4n) is 9.79. The highest BCUT2D eigenvalue weighted by Gasteiger charge is 2.91. The summed E-state index contributed by atoms with van der Waals surface area (Å²) in [5, 5.41) is 26.4. The van der Waals surface area contributed by atoms with E-state index in [0.717, 1.165) is 41.5 Å². The Morgan fingerprint density at radius 3 is 1.97 bits per heavy atom. The Morgan fingerprint density at radius 1 is 0.794 bits per heavy atom. The van der Waals surface area contributed by atoms with E-state index in [1.165, 1.54) is 44.3 Å². The van der Waals surface area contributed by atoms with E-state index in [-0.39, 0.29) is 23.2 Å². The second-order valence-electron chi connectivity index (χ2n) is 16.7. The van der Waals surface area contributed by atoms with Gasteiger partial charge >= 0.3 is 47.8 Å². The van der Waals surface area contributed by atoms with Crippen molar-refractivity contribution in [3.8, 4) is 0 Å². The Labute approximate surface area is 360 Å². The summed E-state index contributed by atoms with van der Waals surface area (Å²) in [5.74, 6) is -10.3. The lowest BCUT2D eigenvalue weighted by Gasteiger charge is -2.67. The number of cyclic esters (lactones) is 1. The van der Waals surface area contributed by atoms with E-state index in [0.29, 0.717) is 0 Å². The second kappa shape index (κ2) is 16.9. The van der Waals surface area contributed by atoms with E-state index in [1.54, 1.807) is 18.2 Å². The van der Waals surface area contributed by atoms with E-state index in [2.05, 4.69) is 4.98 Å². The molecule has 0 amide bonds. The van der Waals surface area contributed by atoms with E-state index >= 15 is 0 Å². The number of aromatic nitrogens is 1. The molecular weight excluding hydrogens is 834 g/mol. The fraction of sp³-hybridized carbons (Fsp3) is 0.558. The molecular formula is C43H49NO19. The van der Waals surface area contributed by atoms with E-state index in [4.69, 9.17) is 42.6 Å². The van der Waals surface area contributed by atoms with Crippen LogP contribution in [0.4, 0.5) is 0 Å². The number of nitrogens with zero attached hydrogens (tertiary/aromatic N) is 1. The van der Waals surface area contributed by atoms with Crippen LogP contribution in [0.15, 0.2) is 48.7 Å². The Morgan fingerprint density at radius 2 is 1.38 bits per heavy atom. The maximum atomic E-state index is 15.0. The Hall–Kier alpha value is -5.99. The molecule has 1 spiro atoms. The molecule has 20 heteroatoms. The van der Waals surface area contributed by atoms with Gasteiger partial charge in [0, 0.05) is 47.2 Å². The monoisotopic (exact) mass is 883 g/mol. The molecule has 2 saturated carbocycles. The van der Waals surface area contributed by atoms with Gasteiger partial charge in [-0.15, -0.1) is 0 Å². The molecule has 3 heterocycles. The van der Waals surface area contributed by atoms with Crippen LogP contribution in [0.5, 0.6) is 0 Å². The lowest BCUT2D eigenvalue weighted by Crippen LogP contribution is -2.89. The third-order valence-corrected chi connectivity index (χ3v) is 12.3. The highest BCUT2D eigenvalue weighted by Crippen LogP contribution is 2.69.